The van der Waals surface area contributed by atoms with Gasteiger partial charge in [0.1, 0.15) is 30.0 Å². The van der Waals surface area contributed by atoms with E-state index in [9.17, 15) is 34.5 Å². The molecule has 66 heavy (non-hydrogen) atoms. The number of amides is 1. The molecule has 0 spiro atoms. The van der Waals surface area contributed by atoms with E-state index in [1.807, 2.05) is 62.9 Å². The van der Waals surface area contributed by atoms with E-state index < -0.39 is 29.7 Å². The second-order valence-corrected chi connectivity index (χ2v) is 18.2. The summed E-state index contributed by atoms with van der Waals surface area (Å²) in [6, 6.07) is 17.5. The fraction of sp³-hybridized carbons (Fsp3) is 0.400. The highest BCUT2D eigenvalue weighted by molar-refractivity contribution is 5.90. The van der Waals surface area contributed by atoms with Crippen molar-refractivity contribution >= 4 is 22.8 Å². The predicted octanol–water partition coefficient (Wildman–Crippen LogP) is 6.43. The zero-order valence-corrected chi connectivity index (χ0v) is 37.3. The van der Waals surface area contributed by atoms with Gasteiger partial charge in [-0.3, -0.25) is 9.59 Å². The largest absolute Gasteiger partial charge is 0.508 e. The summed E-state index contributed by atoms with van der Waals surface area (Å²) in [5.41, 5.74) is 5.03. The standard InChI is InChI=1S/C50H52N6O10/c1-5-31-33-20-30(57)11-12-38(33)51-44-35(31)24-55-39(44)22-37-36(46(55)61)25-64-48(62)50(37,6-2)66-47-42(65-47)13-14-43(60)54-17-15-28(16-18-54)19-27-7-9-29(10-8-27)56-45(52-53-49(56)63)34-21-32(26(3)4)40(58)23-41(34)59/h7-12,20-23,26,28,42,47,57-59H,5-6,13-19,24-25H2,1-4H3,(H,53,63)/t42?,47?,50-/m1/s1. The van der Waals surface area contributed by atoms with E-state index in [-0.39, 0.29) is 59.9 Å². The fourth-order valence-corrected chi connectivity index (χ4v) is 10.2. The first-order valence-electron chi connectivity index (χ1n) is 22.8. The number of piperidine rings is 1. The van der Waals surface area contributed by atoms with Gasteiger partial charge in [0, 0.05) is 42.1 Å². The molecule has 16 heteroatoms. The van der Waals surface area contributed by atoms with Crippen molar-refractivity contribution in [3.63, 3.8) is 0 Å². The molecule has 3 atom stereocenters. The Bertz CT molecular complexity index is 3050. The third kappa shape index (κ3) is 7.32. The van der Waals surface area contributed by atoms with Crippen LogP contribution in [0.1, 0.15) is 99.1 Å². The van der Waals surface area contributed by atoms with E-state index in [4.69, 9.17) is 19.2 Å². The topological polar surface area (TPSA) is 215 Å². The second-order valence-electron chi connectivity index (χ2n) is 18.2. The Morgan fingerprint density at radius 3 is 2.47 bits per heavy atom. The summed E-state index contributed by atoms with van der Waals surface area (Å²) >= 11 is 0. The number of aromatic hydroxyl groups is 3. The zero-order chi connectivity index (χ0) is 46.2. The molecule has 0 bridgehead atoms. The van der Waals surface area contributed by atoms with E-state index in [1.54, 1.807) is 28.8 Å². The first-order chi connectivity index (χ1) is 31.8. The van der Waals surface area contributed by atoms with Crippen LogP contribution in [0.5, 0.6) is 17.2 Å². The van der Waals surface area contributed by atoms with Crippen molar-refractivity contribution in [1.82, 2.24) is 29.2 Å². The molecule has 2 unspecified atom stereocenters. The van der Waals surface area contributed by atoms with Crippen molar-refractivity contribution in [1.29, 1.82) is 0 Å². The molecule has 1 amide bonds. The Kier molecular flexibility index (Phi) is 10.8. The number of aromatic nitrogens is 5. The van der Waals surface area contributed by atoms with E-state index in [0.29, 0.717) is 83.2 Å². The number of phenols is 3. The third-order valence-electron chi connectivity index (χ3n) is 14.0. The quantitative estimate of drug-likeness (QED) is 0.0771. The molecule has 0 saturated carbocycles. The van der Waals surface area contributed by atoms with Gasteiger partial charge in [-0.05, 0) is 110 Å². The minimum Gasteiger partial charge on any atom is -0.508 e. The first-order valence-corrected chi connectivity index (χ1v) is 22.8. The lowest BCUT2D eigenvalue weighted by molar-refractivity contribution is -0.189. The molecule has 6 aromatic rings. The highest BCUT2D eigenvalue weighted by Gasteiger charge is 2.54. The van der Waals surface area contributed by atoms with Crippen LogP contribution in [-0.2, 0) is 55.4 Å². The number of rotatable bonds is 12. The average molecular weight is 897 g/mol. The van der Waals surface area contributed by atoms with Gasteiger partial charge in [0.2, 0.25) is 5.91 Å². The lowest BCUT2D eigenvalue weighted by atomic mass is 9.85. The first kappa shape index (κ1) is 43.1. The molecule has 10 rings (SSSR count). The van der Waals surface area contributed by atoms with Crippen molar-refractivity contribution in [2.75, 3.05) is 13.1 Å². The van der Waals surface area contributed by atoms with Crippen LogP contribution in [0.25, 0.3) is 39.4 Å². The van der Waals surface area contributed by atoms with Gasteiger partial charge in [-0.15, -0.1) is 0 Å². The van der Waals surface area contributed by atoms with Gasteiger partial charge in [-0.25, -0.2) is 24.2 Å². The number of nitrogens with one attached hydrogen (secondary N) is 1. The highest BCUT2D eigenvalue weighted by atomic mass is 16.8. The van der Waals surface area contributed by atoms with Gasteiger partial charge >= 0.3 is 11.7 Å². The molecule has 0 aliphatic carbocycles. The van der Waals surface area contributed by atoms with Gasteiger partial charge in [0.25, 0.3) is 5.56 Å². The third-order valence-corrected chi connectivity index (χ3v) is 14.0. The number of hydrogen-bond donors (Lipinski definition) is 4. The summed E-state index contributed by atoms with van der Waals surface area (Å²) in [4.78, 5) is 61.0. The number of nitrogens with zero attached hydrogens (tertiary/aromatic N) is 5. The summed E-state index contributed by atoms with van der Waals surface area (Å²) in [6.07, 6.45) is 2.88. The van der Waals surface area contributed by atoms with Crippen LogP contribution < -0.4 is 11.2 Å². The molecule has 16 nitrogen and oxygen atoms in total. The molecule has 3 aromatic carbocycles. The minimum atomic E-state index is -1.58. The molecule has 0 radical (unpaired) electrons. The number of fused-ring (bicyclic) bond motifs is 5. The molecule has 4 N–H and O–H groups in total. The normalized spacial score (nSPS) is 20.1. The molecular formula is C50H52N6O10. The smallest absolute Gasteiger partial charge is 0.348 e. The van der Waals surface area contributed by atoms with E-state index >= 15 is 0 Å². The van der Waals surface area contributed by atoms with Gasteiger partial charge < -0.3 is 39.0 Å². The Labute approximate surface area is 379 Å². The number of likely N-dealkylation sites (tertiary alicyclic amines) is 1. The Balaban J connectivity index is 0.759. The maximum absolute atomic E-state index is 14.1. The van der Waals surface area contributed by atoms with Crippen LogP contribution in [0.3, 0.4) is 0 Å². The van der Waals surface area contributed by atoms with Crippen molar-refractivity contribution in [3.8, 4) is 45.7 Å². The van der Waals surface area contributed by atoms with Crippen LogP contribution >= 0.6 is 0 Å². The summed E-state index contributed by atoms with van der Waals surface area (Å²) < 4.78 is 21.1. The molecule has 4 aliphatic rings. The van der Waals surface area contributed by atoms with Crippen LogP contribution in [-0.4, -0.2) is 81.9 Å². The second kappa shape index (κ2) is 16.6. The summed E-state index contributed by atoms with van der Waals surface area (Å²) in [5, 5.41) is 38.8. The van der Waals surface area contributed by atoms with Crippen LogP contribution in [0, 0.1) is 5.92 Å². The number of hydrogen-bond acceptors (Lipinski definition) is 12. The van der Waals surface area contributed by atoms with Crippen molar-refractivity contribution in [2.45, 2.75) is 110 Å². The number of epoxide rings is 1. The van der Waals surface area contributed by atoms with Gasteiger partial charge in [0.15, 0.2) is 17.7 Å². The average Bonchev–Trinajstić information content (AvgIpc) is 3.77. The molecule has 2 fully saturated rings. The number of pyridine rings is 2. The molecule has 342 valence electrons. The number of carbonyl (C=O) groups excluding carboxylic acids is 2. The van der Waals surface area contributed by atoms with Gasteiger partial charge in [0.05, 0.1) is 40.3 Å². The van der Waals surface area contributed by atoms with Gasteiger partial charge in [-0.2, -0.15) is 5.10 Å². The predicted molar refractivity (Wildman–Crippen MR) is 242 cm³/mol. The number of ether oxygens (including phenoxy) is 3. The maximum Gasteiger partial charge on any atom is 0.348 e. The van der Waals surface area contributed by atoms with Gasteiger partial charge in [-0.1, -0.05) is 39.8 Å². The van der Waals surface area contributed by atoms with Crippen molar-refractivity contribution in [3.05, 3.63) is 115 Å². The van der Waals surface area contributed by atoms with Crippen LogP contribution in [0.15, 0.2) is 70.3 Å². The number of aryl methyl sites for hydroxylation is 1. The summed E-state index contributed by atoms with van der Waals surface area (Å²) in [5.74, 6) is -0.0382. The minimum absolute atomic E-state index is 0.0181. The SMILES string of the molecule is CCc1c2c(nc3ccc(O)cc13)-c1cc3c(c(=O)n1C2)COC(=O)[C@]3(CC)OC1OC1CCC(=O)N1CCC(Cc2ccc(-n3c(-c4cc(C(C)C)c(O)cc4O)n[nH]c3=O)cc2)CC1. The summed E-state index contributed by atoms with van der Waals surface area (Å²) in [7, 11) is 0. The van der Waals surface area contributed by atoms with Crippen LogP contribution in [0.4, 0.5) is 0 Å². The van der Waals surface area contributed by atoms with Crippen molar-refractivity contribution in [2.24, 2.45) is 5.92 Å². The lowest BCUT2D eigenvalue weighted by Gasteiger charge is -2.35. The number of H-pyrrole nitrogens is 1. The van der Waals surface area contributed by atoms with E-state index in [1.165, 1.54) is 10.6 Å². The van der Waals surface area contributed by atoms with Crippen molar-refractivity contribution < 1.29 is 39.1 Å². The molecular weight excluding hydrogens is 845 g/mol. The van der Waals surface area contributed by atoms with Crippen LogP contribution in [0.2, 0.25) is 0 Å². The molecule has 7 heterocycles. The number of aromatic amines is 1. The Morgan fingerprint density at radius 1 is 0.970 bits per heavy atom. The lowest BCUT2D eigenvalue weighted by Crippen LogP contribution is -2.47. The maximum atomic E-state index is 14.1. The number of phenolic OH excluding ortho intramolecular Hbond substituents is 3. The Hall–Kier alpha value is -6.78. The highest BCUT2D eigenvalue weighted by Crippen LogP contribution is 2.46. The molecule has 4 aliphatic heterocycles. The molecule has 3 aromatic heterocycles. The summed E-state index contributed by atoms with van der Waals surface area (Å²) in [6.45, 7) is 9.11. The Morgan fingerprint density at radius 2 is 1.74 bits per heavy atom. The molecule has 2 saturated heterocycles. The zero-order valence-electron chi connectivity index (χ0n) is 37.3. The van der Waals surface area contributed by atoms with E-state index in [0.717, 1.165) is 41.3 Å². The number of benzene rings is 3. The number of carbonyl (C=O) groups is 2. The fourth-order valence-electron chi connectivity index (χ4n) is 10.2. The monoisotopic (exact) mass is 896 g/mol. The number of esters is 1. The number of cyclic esters (lactones) is 1. The van der Waals surface area contributed by atoms with E-state index in [2.05, 4.69) is 10.2 Å².